The summed E-state index contributed by atoms with van der Waals surface area (Å²) in [4.78, 5) is 19.6. The monoisotopic (exact) mass is 417 g/mol. The Morgan fingerprint density at radius 3 is 2.62 bits per heavy atom. The summed E-state index contributed by atoms with van der Waals surface area (Å²) in [5.41, 5.74) is 6.07. The third-order valence-electron chi connectivity index (χ3n) is 6.02. The van der Waals surface area contributed by atoms with Crippen molar-refractivity contribution in [3.05, 3.63) is 40.6 Å². The number of pyridine rings is 1. The third-order valence-corrected chi connectivity index (χ3v) is 6.51. The van der Waals surface area contributed by atoms with E-state index < -0.39 is 5.41 Å². The number of morpholine rings is 1. The number of carbonyl (C=O) groups excluding carboxylic acids is 1. The van der Waals surface area contributed by atoms with E-state index in [0.717, 1.165) is 72.9 Å². The first-order valence-electron chi connectivity index (χ1n) is 9.26. The fourth-order valence-corrected chi connectivity index (χ4v) is 4.78. The van der Waals surface area contributed by atoms with Crippen LogP contribution in [0.4, 0.5) is 0 Å². The van der Waals surface area contributed by atoms with Crippen LogP contribution in [0.3, 0.4) is 0 Å². The van der Waals surface area contributed by atoms with E-state index in [2.05, 4.69) is 31.9 Å². The Bertz CT molecular complexity index is 812. The van der Waals surface area contributed by atoms with Gasteiger partial charge in [0.1, 0.15) is 0 Å². The maximum atomic E-state index is 12.5. The van der Waals surface area contributed by atoms with Crippen LogP contribution in [0, 0.1) is 0 Å². The average molecular weight is 418 g/mol. The molecule has 0 radical (unpaired) electrons. The van der Waals surface area contributed by atoms with Gasteiger partial charge in [-0.2, -0.15) is 0 Å². The minimum Gasteiger partial charge on any atom is -0.379 e. The number of rotatable bonds is 3. The van der Waals surface area contributed by atoms with E-state index in [-0.39, 0.29) is 5.91 Å². The van der Waals surface area contributed by atoms with Gasteiger partial charge in [0, 0.05) is 35.2 Å². The van der Waals surface area contributed by atoms with Gasteiger partial charge in [-0.25, -0.2) is 0 Å². The number of nitrogens with two attached hydrogens (primary N) is 1. The Hall–Kier alpha value is -1.50. The van der Waals surface area contributed by atoms with Crippen molar-refractivity contribution in [3.8, 4) is 0 Å². The van der Waals surface area contributed by atoms with Crippen molar-refractivity contribution in [2.75, 3.05) is 26.3 Å². The molecular weight excluding hydrogens is 394 g/mol. The first kappa shape index (κ1) is 17.9. The lowest BCUT2D eigenvalue weighted by Gasteiger charge is -2.42. The summed E-state index contributed by atoms with van der Waals surface area (Å²) in [7, 11) is 0. The first-order valence-corrected chi connectivity index (χ1v) is 10.1. The predicted octanol–water partition coefficient (Wildman–Crippen LogP) is 3.00. The highest BCUT2D eigenvalue weighted by Crippen LogP contribution is 2.41. The van der Waals surface area contributed by atoms with Gasteiger partial charge in [0.25, 0.3) is 0 Å². The molecule has 0 atom stereocenters. The molecule has 26 heavy (non-hydrogen) atoms. The molecule has 1 saturated heterocycles. The molecule has 2 N–H and O–H groups in total. The molecule has 1 amide bonds. The topological polar surface area (TPSA) is 68.5 Å². The number of amides is 1. The van der Waals surface area contributed by atoms with E-state index in [0.29, 0.717) is 6.04 Å². The summed E-state index contributed by atoms with van der Waals surface area (Å²) >= 11 is 3.52. The number of nitrogens with zero attached hydrogens (tertiary/aromatic N) is 2. The summed E-state index contributed by atoms with van der Waals surface area (Å²) in [6, 6.07) is 8.65. The Labute approximate surface area is 162 Å². The first-order chi connectivity index (χ1) is 12.6. The predicted molar refractivity (Wildman–Crippen MR) is 105 cm³/mol. The summed E-state index contributed by atoms with van der Waals surface area (Å²) in [6.45, 7) is 3.57. The molecule has 1 aromatic carbocycles. The summed E-state index contributed by atoms with van der Waals surface area (Å²) in [6.07, 6.45) is 5.33. The number of carbonyl (C=O) groups is 1. The molecule has 138 valence electrons. The lowest BCUT2D eigenvalue weighted by Crippen LogP contribution is -2.51. The second-order valence-electron chi connectivity index (χ2n) is 7.39. The molecule has 0 bridgehead atoms. The SMILES string of the molecule is NC(=O)C1(c2cc3cc(Br)ccc3cn2)CCC(N2CCOCC2)CC1. The van der Waals surface area contributed by atoms with Crippen molar-refractivity contribution in [1.29, 1.82) is 0 Å². The molecule has 2 aliphatic rings. The summed E-state index contributed by atoms with van der Waals surface area (Å²) < 4.78 is 6.48. The average Bonchev–Trinajstić information content (AvgIpc) is 2.68. The molecule has 5 nitrogen and oxygen atoms in total. The quantitative estimate of drug-likeness (QED) is 0.832. The smallest absolute Gasteiger partial charge is 0.229 e. The van der Waals surface area contributed by atoms with Gasteiger partial charge in [-0.15, -0.1) is 0 Å². The Kier molecular flexibility index (Phi) is 4.99. The number of hydrogen-bond acceptors (Lipinski definition) is 4. The second-order valence-corrected chi connectivity index (χ2v) is 8.30. The number of fused-ring (bicyclic) bond motifs is 1. The van der Waals surface area contributed by atoms with Gasteiger partial charge < -0.3 is 10.5 Å². The molecular formula is C20H24BrN3O2. The minimum atomic E-state index is -0.653. The maximum Gasteiger partial charge on any atom is 0.229 e. The fourth-order valence-electron chi connectivity index (χ4n) is 4.41. The van der Waals surface area contributed by atoms with Gasteiger partial charge in [0.05, 0.1) is 24.3 Å². The zero-order valence-electron chi connectivity index (χ0n) is 14.8. The van der Waals surface area contributed by atoms with Gasteiger partial charge in [0.2, 0.25) is 5.91 Å². The van der Waals surface area contributed by atoms with Gasteiger partial charge in [-0.05, 0) is 49.3 Å². The lowest BCUT2D eigenvalue weighted by atomic mass is 9.69. The Morgan fingerprint density at radius 2 is 1.92 bits per heavy atom. The standard InChI is InChI=1S/C20H24BrN3O2/c21-16-2-1-14-13-23-18(12-15(14)11-16)20(19(22)25)5-3-17(4-6-20)24-7-9-26-10-8-24/h1-2,11-13,17H,3-10H2,(H2,22,25). The van der Waals surface area contributed by atoms with Crippen molar-refractivity contribution in [2.24, 2.45) is 5.73 Å². The number of primary amides is 1. The molecule has 2 heterocycles. The van der Waals surface area contributed by atoms with Crippen LogP contribution >= 0.6 is 15.9 Å². The van der Waals surface area contributed by atoms with Crippen molar-refractivity contribution in [3.63, 3.8) is 0 Å². The normalized spacial score (nSPS) is 27.5. The van der Waals surface area contributed by atoms with Crippen molar-refractivity contribution < 1.29 is 9.53 Å². The number of hydrogen-bond donors (Lipinski definition) is 1. The van der Waals surface area contributed by atoms with Crippen molar-refractivity contribution in [2.45, 2.75) is 37.1 Å². The number of halogens is 1. The number of aromatic nitrogens is 1. The molecule has 2 fully saturated rings. The minimum absolute atomic E-state index is 0.250. The highest BCUT2D eigenvalue weighted by molar-refractivity contribution is 9.10. The lowest BCUT2D eigenvalue weighted by molar-refractivity contribution is -0.125. The molecule has 0 unspecified atom stereocenters. The van der Waals surface area contributed by atoms with E-state index in [1.54, 1.807) is 0 Å². The Balaban J connectivity index is 1.61. The summed E-state index contributed by atoms with van der Waals surface area (Å²) in [5.74, 6) is -0.250. The van der Waals surface area contributed by atoms with Crippen LogP contribution in [-0.2, 0) is 14.9 Å². The van der Waals surface area contributed by atoms with Crippen molar-refractivity contribution in [1.82, 2.24) is 9.88 Å². The van der Waals surface area contributed by atoms with Crippen LogP contribution in [0.5, 0.6) is 0 Å². The second kappa shape index (κ2) is 7.25. The van der Waals surface area contributed by atoms with Gasteiger partial charge in [0.15, 0.2) is 0 Å². The van der Waals surface area contributed by atoms with Crippen LogP contribution in [0.25, 0.3) is 10.8 Å². The van der Waals surface area contributed by atoms with E-state index in [1.807, 2.05) is 24.4 Å². The molecule has 1 aliphatic heterocycles. The van der Waals surface area contributed by atoms with Crippen LogP contribution in [0.15, 0.2) is 34.9 Å². The maximum absolute atomic E-state index is 12.5. The fraction of sp³-hybridized carbons (Fsp3) is 0.500. The van der Waals surface area contributed by atoms with Gasteiger partial charge >= 0.3 is 0 Å². The zero-order chi connectivity index (χ0) is 18.1. The molecule has 1 saturated carbocycles. The zero-order valence-corrected chi connectivity index (χ0v) is 16.4. The van der Waals surface area contributed by atoms with Gasteiger partial charge in [-0.3, -0.25) is 14.7 Å². The molecule has 6 heteroatoms. The third kappa shape index (κ3) is 3.26. The highest BCUT2D eigenvalue weighted by Gasteiger charge is 2.44. The van der Waals surface area contributed by atoms with Crippen LogP contribution in [0.2, 0.25) is 0 Å². The van der Waals surface area contributed by atoms with Crippen LogP contribution in [-0.4, -0.2) is 48.1 Å². The van der Waals surface area contributed by atoms with E-state index in [4.69, 9.17) is 10.5 Å². The molecule has 1 aliphatic carbocycles. The molecule has 4 rings (SSSR count). The summed E-state index contributed by atoms with van der Waals surface area (Å²) in [5, 5.41) is 2.15. The van der Waals surface area contributed by atoms with Crippen LogP contribution < -0.4 is 5.73 Å². The van der Waals surface area contributed by atoms with E-state index in [1.165, 1.54) is 0 Å². The largest absolute Gasteiger partial charge is 0.379 e. The molecule has 0 spiro atoms. The van der Waals surface area contributed by atoms with Gasteiger partial charge in [-0.1, -0.05) is 22.0 Å². The Morgan fingerprint density at radius 1 is 1.19 bits per heavy atom. The number of benzene rings is 1. The highest BCUT2D eigenvalue weighted by atomic mass is 79.9. The number of ether oxygens (including phenoxy) is 1. The molecule has 2 aromatic rings. The van der Waals surface area contributed by atoms with E-state index in [9.17, 15) is 4.79 Å². The van der Waals surface area contributed by atoms with Crippen molar-refractivity contribution >= 4 is 32.6 Å². The molecule has 1 aromatic heterocycles. The van der Waals surface area contributed by atoms with Crippen LogP contribution in [0.1, 0.15) is 31.4 Å². The van der Waals surface area contributed by atoms with E-state index >= 15 is 0 Å².